The van der Waals surface area contributed by atoms with E-state index in [1.54, 1.807) is 17.6 Å². The molecule has 2 rings (SSSR count). The highest BCUT2D eigenvalue weighted by Crippen LogP contribution is 2.25. The third-order valence-electron chi connectivity index (χ3n) is 2.40. The smallest absolute Gasteiger partial charge is 0.265 e. The fourth-order valence-electron chi connectivity index (χ4n) is 1.55. The van der Waals surface area contributed by atoms with Crippen LogP contribution < -0.4 is 11.1 Å². The van der Waals surface area contributed by atoms with Crippen LogP contribution >= 0.6 is 11.3 Å². The van der Waals surface area contributed by atoms with E-state index in [0.717, 1.165) is 11.1 Å². The molecule has 6 nitrogen and oxygen atoms in total. The van der Waals surface area contributed by atoms with Crippen LogP contribution in [-0.2, 0) is 4.79 Å². The van der Waals surface area contributed by atoms with Crippen molar-refractivity contribution in [2.45, 2.75) is 13.8 Å². The Bertz CT molecular complexity index is 680. The number of anilines is 1. The quantitative estimate of drug-likeness (QED) is 0.752. The molecule has 2 amide bonds. The first kappa shape index (κ1) is 14.0. The van der Waals surface area contributed by atoms with Crippen LogP contribution in [0.25, 0.3) is 11.3 Å². The SMILES string of the molecule is CC(C)=CC(=O)Nc1nc(-c2c[nH]c(C(N)=O)c2)cs1. The zero-order chi connectivity index (χ0) is 14.7. The Balaban J connectivity index is 2.14. The van der Waals surface area contributed by atoms with Crippen molar-refractivity contribution in [1.82, 2.24) is 9.97 Å². The van der Waals surface area contributed by atoms with E-state index in [2.05, 4.69) is 15.3 Å². The predicted octanol–water partition coefficient (Wildman–Crippen LogP) is 2.14. The number of H-pyrrole nitrogens is 1. The minimum Gasteiger partial charge on any atom is -0.364 e. The first-order valence-electron chi connectivity index (χ1n) is 5.85. The molecule has 0 radical (unpaired) electrons. The molecule has 2 aromatic rings. The monoisotopic (exact) mass is 290 g/mol. The van der Waals surface area contributed by atoms with Crippen LogP contribution in [-0.4, -0.2) is 21.8 Å². The van der Waals surface area contributed by atoms with Crippen molar-refractivity contribution in [2.24, 2.45) is 5.73 Å². The zero-order valence-electron chi connectivity index (χ0n) is 11.1. The lowest BCUT2D eigenvalue weighted by Crippen LogP contribution is -2.10. The van der Waals surface area contributed by atoms with Crippen LogP contribution in [0.3, 0.4) is 0 Å². The molecule has 7 heteroatoms. The Morgan fingerprint density at radius 1 is 1.45 bits per heavy atom. The summed E-state index contributed by atoms with van der Waals surface area (Å²) in [6.07, 6.45) is 3.15. The zero-order valence-corrected chi connectivity index (χ0v) is 11.9. The number of rotatable bonds is 4. The van der Waals surface area contributed by atoms with Gasteiger partial charge in [-0.3, -0.25) is 14.9 Å². The van der Waals surface area contributed by atoms with Crippen molar-refractivity contribution in [3.05, 3.63) is 35.0 Å². The molecule has 0 aromatic carbocycles. The second-order valence-corrected chi connectivity index (χ2v) is 5.27. The third kappa shape index (κ3) is 3.33. The van der Waals surface area contributed by atoms with E-state index < -0.39 is 5.91 Å². The Kier molecular flexibility index (Phi) is 3.99. The van der Waals surface area contributed by atoms with Gasteiger partial charge in [-0.15, -0.1) is 11.3 Å². The maximum atomic E-state index is 11.6. The molecule has 0 saturated heterocycles. The lowest BCUT2D eigenvalue weighted by atomic mass is 10.2. The molecule has 0 spiro atoms. The van der Waals surface area contributed by atoms with Gasteiger partial charge in [0, 0.05) is 23.2 Å². The number of nitrogens with one attached hydrogen (secondary N) is 2. The molecular formula is C13H14N4O2S. The van der Waals surface area contributed by atoms with Crippen molar-refractivity contribution in [3.63, 3.8) is 0 Å². The minimum absolute atomic E-state index is 0.210. The molecule has 0 fully saturated rings. The number of nitrogens with two attached hydrogens (primary N) is 1. The molecule has 0 atom stereocenters. The van der Waals surface area contributed by atoms with Gasteiger partial charge in [-0.05, 0) is 19.9 Å². The summed E-state index contributed by atoms with van der Waals surface area (Å²) in [6, 6.07) is 1.62. The average Bonchev–Trinajstić information content (AvgIpc) is 2.94. The summed E-state index contributed by atoms with van der Waals surface area (Å²) >= 11 is 1.32. The van der Waals surface area contributed by atoms with Gasteiger partial charge in [0.25, 0.3) is 5.91 Å². The number of hydrogen-bond acceptors (Lipinski definition) is 4. The molecule has 0 bridgehead atoms. The van der Waals surface area contributed by atoms with E-state index in [1.807, 2.05) is 13.8 Å². The van der Waals surface area contributed by atoms with Gasteiger partial charge in [-0.2, -0.15) is 0 Å². The lowest BCUT2D eigenvalue weighted by molar-refractivity contribution is -0.111. The Morgan fingerprint density at radius 3 is 2.80 bits per heavy atom. The first-order valence-corrected chi connectivity index (χ1v) is 6.73. The highest BCUT2D eigenvalue weighted by atomic mass is 32.1. The molecule has 0 aliphatic rings. The van der Waals surface area contributed by atoms with Crippen molar-refractivity contribution >= 4 is 28.3 Å². The molecule has 0 saturated carbocycles. The molecule has 0 aliphatic carbocycles. The van der Waals surface area contributed by atoms with E-state index in [4.69, 9.17) is 5.73 Å². The number of hydrogen-bond donors (Lipinski definition) is 3. The highest BCUT2D eigenvalue weighted by molar-refractivity contribution is 7.14. The van der Waals surface area contributed by atoms with Crippen molar-refractivity contribution in [1.29, 1.82) is 0 Å². The van der Waals surface area contributed by atoms with Gasteiger partial charge in [0.1, 0.15) is 5.69 Å². The van der Waals surface area contributed by atoms with Crippen LogP contribution in [0.1, 0.15) is 24.3 Å². The van der Waals surface area contributed by atoms with Gasteiger partial charge in [-0.1, -0.05) is 5.57 Å². The summed E-state index contributed by atoms with van der Waals surface area (Å²) < 4.78 is 0. The van der Waals surface area contributed by atoms with E-state index in [-0.39, 0.29) is 5.91 Å². The average molecular weight is 290 g/mol. The second kappa shape index (κ2) is 5.70. The van der Waals surface area contributed by atoms with Crippen LogP contribution in [0.5, 0.6) is 0 Å². The number of carbonyl (C=O) groups excluding carboxylic acids is 2. The molecule has 0 unspecified atom stereocenters. The van der Waals surface area contributed by atoms with Crippen LogP contribution in [0.2, 0.25) is 0 Å². The molecular weight excluding hydrogens is 276 g/mol. The van der Waals surface area contributed by atoms with Gasteiger partial charge in [0.2, 0.25) is 5.91 Å². The van der Waals surface area contributed by atoms with E-state index >= 15 is 0 Å². The number of aromatic nitrogens is 2. The summed E-state index contributed by atoms with van der Waals surface area (Å²) in [5.41, 5.74) is 7.83. The van der Waals surface area contributed by atoms with Crippen molar-refractivity contribution in [3.8, 4) is 11.3 Å². The molecule has 0 aliphatic heterocycles. The molecule has 4 N–H and O–H groups in total. The highest BCUT2D eigenvalue weighted by Gasteiger charge is 2.10. The number of nitrogens with zero attached hydrogens (tertiary/aromatic N) is 1. The summed E-state index contributed by atoms with van der Waals surface area (Å²) in [5.74, 6) is -0.735. The van der Waals surface area contributed by atoms with Gasteiger partial charge < -0.3 is 10.7 Å². The number of amides is 2. The van der Waals surface area contributed by atoms with Crippen LogP contribution in [0.4, 0.5) is 5.13 Å². The molecule has 20 heavy (non-hydrogen) atoms. The summed E-state index contributed by atoms with van der Waals surface area (Å²) in [4.78, 5) is 29.6. The standard InChI is InChI=1S/C13H14N4O2S/c1-7(2)3-11(18)17-13-16-10(6-20-13)8-4-9(12(14)19)15-5-8/h3-6,15H,1-2H3,(H2,14,19)(H,16,17,18). The fraction of sp³-hybridized carbons (Fsp3) is 0.154. The lowest BCUT2D eigenvalue weighted by Gasteiger charge is -1.96. The normalized spacial score (nSPS) is 10.1. The second-order valence-electron chi connectivity index (χ2n) is 4.42. The summed E-state index contributed by atoms with van der Waals surface area (Å²) in [5, 5.41) is 4.98. The number of primary amides is 1. The number of allylic oxidation sites excluding steroid dienone is 1. The maximum absolute atomic E-state index is 11.6. The Labute approximate surface area is 119 Å². The Hall–Kier alpha value is -2.41. The molecule has 2 aromatic heterocycles. The van der Waals surface area contributed by atoms with E-state index in [0.29, 0.717) is 16.5 Å². The predicted molar refractivity (Wildman–Crippen MR) is 78.5 cm³/mol. The topological polar surface area (TPSA) is 101 Å². The van der Waals surface area contributed by atoms with Gasteiger partial charge >= 0.3 is 0 Å². The van der Waals surface area contributed by atoms with Gasteiger partial charge in [-0.25, -0.2) is 4.98 Å². The van der Waals surface area contributed by atoms with E-state index in [9.17, 15) is 9.59 Å². The van der Waals surface area contributed by atoms with Crippen molar-refractivity contribution in [2.75, 3.05) is 5.32 Å². The van der Waals surface area contributed by atoms with Crippen LogP contribution in [0, 0.1) is 0 Å². The fourth-order valence-corrected chi connectivity index (χ4v) is 2.27. The minimum atomic E-state index is -0.524. The number of aromatic amines is 1. The maximum Gasteiger partial charge on any atom is 0.265 e. The molecule has 104 valence electrons. The molecule has 2 heterocycles. The summed E-state index contributed by atoms with van der Waals surface area (Å²) in [6.45, 7) is 3.69. The largest absolute Gasteiger partial charge is 0.364 e. The number of thiazole rings is 1. The Morgan fingerprint density at radius 2 is 2.20 bits per heavy atom. The van der Waals surface area contributed by atoms with E-state index in [1.165, 1.54) is 17.4 Å². The third-order valence-corrected chi connectivity index (χ3v) is 3.16. The van der Waals surface area contributed by atoms with Gasteiger partial charge in [0.05, 0.1) is 5.69 Å². The van der Waals surface area contributed by atoms with Crippen molar-refractivity contribution < 1.29 is 9.59 Å². The first-order chi connectivity index (χ1) is 9.45. The van der Waals surface area contributed by atoms with Crippen LogP contribution in [0.15, 0.2) is 29.3 Å². The van der Waals surface area contributed by atoms with Gasteiger partial charge in [0.15, 0.2) is 5.13 Å². The summed E-state index contributed by atoms with van der Waals surface area (Å²) in [7, 11) is 0. The number of carbonyl (C=O) groups is 2.